The maximum Gasteiger partial charge on any atom is 0.407 e. The Kier molecular flexibility index (Phi) is 12.1. The van der Waals surface area contributed by atoms with Crippen molar-refractivity contribution in [2.45, 2.75) is 65.2 Å². The number of rotatable bonds is 13. The number of carbonyl (C=O) groups is 6. The van der Waals surface area contributed by atoms with Gasteiger partial charge in [0.2, 0.25) is 11.8 Å². The van der Waals surface area contributed by atoms with Gasteiger partial charge in [0.15, 0.2) is 0 Å². The fourth-order valence-electron chi connectivity index (χ4n) is 3.02. The van der Waals surface area contributed by atoms with E-state index in [1.165, 1.54) is 13.8 Å². The molecule has 1 rings (SSSR count). The number of amides is 6. The number of nitrogens with zero attached hydrogens (tertiary/aromatic N) is 1. The van der Waals surface area contributed by atoms with Crippen LogP contribution in [-0.4, -0.2) is 78.7 Å². The lowest BCUT2D eigenvalue weighted by Gasteiger charge is -2.25. The highest BCUT2D eigenvalue weighted by Gasteiger charge is 2.33. The van der Waals surface area contributed by atoms with Crippen molar-refractivity contribution in [2.24, 2.45) is 0 Å². The average molecular weight is 484 g/mol. The molecule has 4 N–H and O–H groups in total. The molecule has 3 atom stereocenters. The predicted octanol–water partition coefficient (Wildman–Crippen LogP) is -0.0906. The molecule has 1 aliphatic rings. The number of unbranched alkanes of at least 4 members (excludes halogenated alkanes) is 1. The van der Waals surface area contributed by atoms with Crippen molar-refractivity contribution in [2.75, 3.05) is 19.8 Å². The van der Waals surface area contributed by atoms with Crippen LogP contribution in [0.25, 0.3) is 0 Å². The number of nitrogens with one attached hydrogen (secondary N) is 4. The first kappa shape index (κ1) is 28.4. The topological polar surface area (TPSA) is 172 Å². The van der Waals surface area contributed by atoms with E-state index in [1.807, 2.05) is 0 Å². The van der Waals surface area contributed by atoms with Crippen LogP contribution >= 0.6 is 0 Å². The average Bonchev–Trinajstić information content (AvgIpc) is 3.10. The van der Waals surface area contributed by atoms with Crippen LogP contribution in [0.4, 0.5) is 9.59 Å². The molecule has 0 saturated heterocycles. The highest BCUT2D eigenvalue weighted by molar-refractivity contribution is 6.15. The Morgan fingerprint density at radius 3 is 2.00 bits per heavy atom. The Morgan fingerprint density at radius 2 is 1.41 bits per heavy atom. The zero-order valence-electron chi connectivity index (χ0n) is 19.8. The number of ether oxygens (including phenoxy) is 2. The summed E-state index contributed by atoms with van der Waals surface area (Å²) in [5, 5.41) is 10.1. The van der Waals surface area contributed by atoms with Gasteiger partial charge in [0.1, 0.15) is 12.1 Å². The maximum atomic E-state index is 12.7. The monoisotopic (exact) mass is 483 g/mol. The van der Waals surface area contributed by atoms with Crippen molar-refractivity contribution in [1.29, 1.82) is 0 Å². The second kappa shape index (κ2) is 14.5. The van der Waals surface area contributed by atoms with Crippen molar-refractivity contribution >= 4 is 35.8 Å². The molecule has 3 unspecified atom stereocenters. The molecular weight excluding hydrogens is 450 g/mol. The van der Waals surface area contributed by atoms with Crippen molar-refractivity contribution in [3.8, 4) is 0 Å². The molecule has 0 saturated carbocycles. The van der Waals surface area contributed by atoms with Gasteiger partial charge in [-0.2, -0.15) is 0 Å². The predicted molar refractivity (Wildman–Crippen MR) is 119 cm³/mol. The van der Waals surface area contributed by atoms with Crippen molar-refractivity contribution in [1.82, 2.24) is 26.2 Å². The summed E-state index contributed by atoms with van der Waals surface area (Å²) in [5.74, 6) is -2.40. The van der Waals surface area contributed by atoms with Crippen molar-refractivity contribution in [3.05, 3.63) is 12.2 Å². The highest BCUT2D eigenvalue weighted by atomic mass is 16.6. The molecule has 34 heavy (non-hydrogen) atoms. The number of alkyl carbamates (subject to hydrolysis) is 2. The first-order valence-corrected chi connectivity index (χ1v) is 11.1. The van der Waals surface area contributed by atoms with Gasteiger partial charge < -0.3 is 30.7 Å². The third kappa shape index (κ3) is 9.46. The van der Waals surface area contributed by atoms with Crippen LogP contribution in [0.5, 0.6) is 0 Å². The van der Waals surface area contributed by atoms with Crippen molar-refractivity contribution in [3.63, 3.8) is 0 Å². The second-order valence-corrected chi connectivity index (χ2v) is 7.36. The lowest BCUT2D eigenvalue weighted by atomic mass is 10.1. The normalized spacial score (nSPS) is 15.2. The van der Waals surface area contributed by atoms with Crippen LogP contribution in [0.3, 0.4) is 0 Å². The summed E-state index contributed by atoms with van der Waals surface area (Å²) in [6.45, 7) is 6.92. The standard InChI is InChI=1S/C21H33N5O8/c1-5-33-20(31)22-12-8-7-9-15(25-21(32)34-6-2)19(30)24-14(4)23-18(29)13(3)26-16(27)10-11-17(26)28/h10-11,13-15H,5-9,12H2,1-4H3,(H,22,31)(H,23,29)(H,24,30)(H,25,32). The van der Waals surface area contributed by atoms with Gasteiger partial charge in [-0.25, -0.2) is 9.59 Å². The third-order valence-corrected chi connectivity index (χ3v) is 4.68. The Bertz CT molecular complexity index is 782. The van der Waals surface area contributed by atoms with Crippen molar-refractivity contribution < 1.29 is 38.2 Å². The van der Waals surface area contributed by atoms with E-state index in [2.05, 4.69) is 21.3 Å². The minimum Gasteiger partial charge on any atom is -0.450 e. The summed E-state index contributed by atoms with van der Waals surface area (Å²) >= 11 is 0. The molecule has 0 aliphatic carbocycles. The van der Waals surface area contributed by atoms with Crippen LogP contribution in [0.2, 0.25) is 0 Å². The number of carbonyl (C=O) groups excluding carboxylic acids is 6. The van der Waals surface area contributed by atoms with Crippen LogP contribution in [0.15, 0.2) is 12.2 Å². The van der Waals surface area contributed by atoms with E-state index < -0.39 is 54.1 Å². The Balaban J connectivity index is 2.59. The molecule has 13 nitrogen and oxygen atoms in total. The zero-order valence-corrected chi connectivity index (χ0v) is 19.8. The van der Waals surface area contributed by atoms with Gasteiger partial charge in [0, 0.05) is 18.7 Å². The van der Waals surface area contributed by atoms with E-state index in [4.69, 9.17) is 9.47 Å². The lowest BCUT2D eigenvalue weighted by molar-refractivity contribution is -0.145. The highest BCUT2D eigenvalue weighted by Crippen LogP contribution is 2.09. The molecule has 0 fully saturated rings. The number of hydrogen-bond donors (Lipinski definition) is 4. The molecular formula is C21H33N5O8. The molecule has 0 aromatic heterocycles. The number of hydrogen-bond acceptors (Lipinski definition) is 8. The molecule has 190 valence electrons. The van der Waals surface area contributed by atoms with E-state index >= 15 is 0 Å². The first-order valence-electron chi connectivity index (χ1n) is 11.1. The van der Waals surface area contributed by atoms with E-state index in [-0.39, 0.29) is 19.6 Å². The van der Waals surface area contributed by atoms with Gasteiger partial charge in [-0.15, -0.1) is 0 Å². The summed E-state index contributed by atoms with van der Waals surface area (Å²) in [7, 11) is 0. The molecule has 0 spiro atoms. The summed E-state index contributed by atoms with van der Waals surface area (Å²) in [4.78, 5) is 72.6. The molecule has 1 heterocycles. The molecule has 13 heteroatoms. The summed E-state index contributed by atoms with van der Waals surface area (Å²) in [5.41, 5.74) is 0. The molecule has 0 aromatic rings. The van der Waals surface area contributed by atoms with Crippen LogP contribution in [-0.2, 0) is 28.7 Å². The third-order valence-electron chi connectivity index (χ3n) is 4.68. The quantitative estimate of drug-likeness (QED) is 0.160. The smallest absolute Gasteiger partial charge is 0.407 e. The largest absolute Gasteiger partial charge is 0.450 e. The fourth-order valence-corrected chi connectivity index (χ4v) is 3.02. The molecule has 1 aliphatic heterocycles. The van der Waals surface area contributed by atoms with Gasteiger partial charge in [-0.3, -0.25) is 24.1 Å². The minimum atomic E-state index is -1.07. The molecule has 0 bridgehead atoms. The van der Waals surface area contributed by atoms with E-state index in [9.17, 15) is 28.8 Å². The van der Waals surface area contributed by atoms with E-state index in [1.54, 1.807) is 13.8 Å². The van der Waals surface area contributed by atoms with Crippen LogP contribution < -0.4 is 21.3 Å². The molecule has 6 amide bonds. The van der Waals surface area contributed by atoms with E-state index in [0.717, 1.165) is 17.1 Å². The van der Waals surface area contributed by atoms with Gasteiger partial charge in [-0.1, -0.05) is 0 Å². The summed E-state index contributed by atoms with van der Waals surface area (Å²) in [6, 6.07) is -2.03. The zero-order chi connectivity index (χ0) is 25.7. The molecule has 0 aromatic carbocycles. The van der Waals surface area contributed by atoms with Gasteiger partial charge in [0.05, 0.1) is 19.4 Å². The first-order chi connectivity index (χ1) is 16.1. The van der Waals surface area contributed by atoms with E-state index in [0.29, 0.717) is 19.4 Å². The van der Waals surface area contributed by atoms with Gasteiger partial charge >= 0.3 is 12.2 Å². The Labute approximate surface area is 197 Å². The fraction of sp³-hybridized carbons (Fsp3) is 0.619. The lowest BCUT2D eigenvalue weighted by Crippen LogP contribution is -2.56. The Morgan fingerprint density at radius 1 is 0.853 bits per heavy atom. The van der Waals surface area contributed by atoms with Gasteiger partial charge in [-0.05, 0) is 47.0 Å². The summed E-state index contributed by atoms with van der Waals surface area (Å²) in [6.07, 6.45) is 1.25. The number of imide groups is 1. The van der Waals surface area contributed by atoms with Gasteiger partial charge in [0.25, 0.3) is 11.8 Å². The minimum absolute atomic E-state index is 0.122. The SMILES string of the molecule is CCOC(=O)NCCCCC(NC(=O)OCC)C(=O)NC(C)NC(=O)C(C)N1C(=O)C=CC1=O. The van der Waals surface area contributed by atoms with Crippen LogP contribution in [0, 0.1) is 0 Å². The van der Waals surface area contributed by atoms with Crippen LogP contribution in [0.1, 0.15) is 47.0 Å². The maximum absolute atomic E-state index is 12.7. The second-order valence-electron chi connectivity index (χ2n) is 7.36. The Hall–Kier alpha value is -3.64. The summed E-state index contributed by atoms with van der Waals surface area (Å²) < 4.78 is 9.60. The molecule has 0 radical (unpaired) electrons.